The van der Waals surface area contributed by atoms with Crippen molar-refractivity contribution in [2.75, 3.05) is 20.2 Å². The first-order valence-electron chi connectivity index (χ1n) is 6.04. The van der Waals surface area contributed by atoms with Crippen molar-refractivity contribution in [3.05, 3.63) is 35.4 Å². The highest BCUT2D eigenvalue weighted by Crippen LogP contribution is 2.07. The Hall–Kier alpha value is -1.37. The van der Waals surface area contributed by atoms with Crippen LogP contribution in [-0.2, 0) is 6.54 Å². The van der Waals surface area contributed by atoms with Gasteiger partial charge < -0.3 is 10.0 Å². The zero-order chi connectivity index (χ0) is 12.5. The third-order valence-electron chi connectivity index (χ3n) is 2.73. The van der Waals surface area contributed by atoms with Gasteiger partial charge in [0.05, 0.1) is 11.6 Å². The Morgan fingerprint density at radius 3 is 2.47 bits per heavy atom. The van der Waals surface area contributed by atoms with Gasteiger partial charge in [0.1, 0.15) is 0 Å². The standard InChI is InChI=1S/C14H20N2O/c1-16(9-3-2-4-10-17)12-14-7-5-13(11-15)6-8-14/h5-8,17H,2-4,9-10,12H2,1H3. The van der Waals surface area contributed by atoms with Crippen molar-refractivity contribution in [2.45, 2.75) is 25.8 Å². The van der Waals surface area contributed by atoms with Crippen molar-refractivity contribution in [3.8, 4) is 6.07 Å². The van der Waals surface area contributed by atoms with E-state index in [0.717, 1.165) is 32.4 Å². The minimum atomic E-state index is 0.291. The first-order chi connectivity index (χ1) is 8.26. The second kappa shape index (κ2) is 7.83. The van der Waals surface area contributed by atoms with E-state index in [4.69, 9.17) is 10.4 Å². The van der Waals surface area contributed by atoms with Crippen molar-refractivity contribution in [3.63, 3.8) is 0 Å². The zero-order valence-electron chi connectivity index (χ0n) is 10.4. The van der Waals surface area contributed by atoms with E-state index < -0.39 is 0 Å². The van der Waals surface area contributed by atoms with Gasteiger partial charge in [-0.15, -0.1) is 0 Å². The fraction of sp³-hybridized carbons (Fsp3) is 0.500. The van der Waals surface area contributed by atoms with Gasteiger partial charge in [0.2, 0.25) is 0 Å². The van der Waals surface area contributed by atoms with Crippen LogP contribution in [0, 0.1) is 11.3 Å². The molecule has 0 bridgehead atoms. The van der Waals surface area contributed by atoms with E-state index in [1.165, 1.54) is 5.56 Å². The second-order valence-corrected chi connectivity index (χ2v) is 4.33. The Morgan fingerprint density at radius 1 is 1.18 bits per heavy atom. The highest BCUT2D eigenvalue weighted by Gasteiger charge is 2.00. The van der Waals surface area contributed by atoms with E-state index in [9.17, 15) is 0 Å². The zero-order valence-corrected chi connectivity index (χ0v) is 10.4. The van der Waals surface area contributed by atoms with Crippen LogP contribution in [0.3, 0.4) is 0 Å². The topological polar surface area (TPSA) is 47.3 Å². The minimum Gasteiger partial charge on any atom is -0.396 e. The average molecular weight is 232 g/mol. The van der Waals surface area contributed by atoms with E-state index >= 15 is 0 Å². The predicted octanol–water partition coefficient (Wildman–Crippen LogP) is 2.15. The number of hydrogen-bond donors (Lipinski definition) is 1. The number of aliphatic hydroxyl groups is 1. The lowest BCUT2D eigenvalue weighted by Crippen LogP contribution is -2.19. The third-order valence-corrected chi connectivity index (χ3v) is 2.73. The summed E-state index contributed by atoms with van der Waals surface area (Å²) >= 11 is 0. The molecule has 1 aromatic rings. The largest absolute Gasteiger partial charge is 0.396 e. The van der Waals surface area contributed by atoms with Crippen LogP contribution < -0.4 is 0 Å². The Bertz CT molecular complexity index is 353. The second-order valence-electron chi connectivity index (χ2n) is 4.33. The van der Waals surface area contributed by atoms with Gasteiger partial charge in [0, 0.05) is 13.2 Å². The molecule has 0 amide bonds. The lowest BCUT2D eigenvalue weighted by Gasteiger charge is -2.16. The fourth-order valence-electron chi connectivity index (χ4n) is 1.75. The normalized spacial score (nSPS) is 10.5. The molecule has 0 saturated carbocycles. The first-order valence-corrected chi connectivity index (χ1v) is 6.04. The van der Waals surface area contributed by atoms with Crippen molar-refractivity contribution in [1.82, 2.24) is 4.90 Å². The molecule has 17 heavy (non-hydrogen) atoms. The molecule has 0 atom stereocenters. The minimum absolute atomic E-state index is 0.291. The monoisotopic (exact) mass is 232 g/mol. The van der Waals surface area contributed by atoms with E-state index in [0.29, 0.717) is 12.2 Å². The summed E-state index contributed by atoms with van der Waals surface area (Å²) in [4.78, 5) is 2.26. The third kappa shape index (κ3) is 5.48. The first kappa shape index (κ1) is 13.7. The summed E-state index contributed by atoms with van der Waals surface area (Å²) in [6.45, 7) is 2.24. The predicted molar refractivity (Wildman–Crippen MR) is 68.4 cm³/mol. The molecule has 0 unspecified atom stereocenters. The van der Waals surface area contributed by atoms with Crippen molar-refractivity contribution < 1.29 is 5.11 Å². The molecule has 0 aliphatic heterocycles. The summed E-state index contributed by atoms with van der Waals surface area (Å²) in [5, 5.41) is 17.4. The summed E-state index contributed by atoms with van der Waals surface area (Å²) in [7, 11) is 2.09. The van der Waals surface area contributed by atoms with E-state index in [1.54, 1.807) is 0 Å². The molecule has 0 aliphatic rings. The maximum atomic E-state index is 8.70. The number of unbranched alkanes of at least 4 members (excludes halogenated alkanes) is 2. The number of hydrogen-bond acceptors (Lipinski definition) is 3. The van der Waals surface area contributed by atoms with Crippen LogP contribution >= 0.6 is 0 Å². The molecule has 0 aliphatic carbocycles. The molecule has 0 fully saturated rings. The molecule has 0 spiro atoms. The van der Waals surface area contributed by atoms with Crippen molar-refractivity contribution >= 4 is 0 Å². The Balaban J connectivity index is 2.30. The van der Waals surface area contributed by atoms with Gasteiger partial charge >= 0.3 is 0 Å². The lowest BCUT2D eigenvalue weighted by molar-refractivity contribution is 0.271. The number of nitrogens with zero attached hydrogens (tertiary/aromatic N) is 2. The van der Waals surface area contributed by atoms with Gasteiger partial charge in [-0.05, 0) is 50.6 Å². The SMILES string of the molecule is CN(CCCCCO)Cc1ccc(C#N)cc1. The number of nitriles is 1. The molecule has 0 radical (unpaired) electrons. The van der Waals surface area contributed by atoms with Crippen LogP contribution in [0.15, 0.2) is 24.3 Å². The molecular formula is C14H20N2O. The molecule has 1 rings (SSSR count). The van der Waals surface area contributed by atoms with Gasteiger partial charge in [-0.2, -0.15) is 5.26 Å². The maximum Gasteiger partial charge on any atom is 0.0991 e. The van der Waals surface area contributed by atoms with Crippen molar-refractivity contribution in [1.29, 1.82) is 5.26 Å². The van der Waals surface area contributed by atoms with Crippen LogP contribution in [0.4, 0.5) is 0 Å². The smallest absolute Gasteiger partial charge is 0.0991 e. The summed E-state index contributed by atoms with van der Waals surface area (Å²) in [5.41, 5.74) is 1.94. The number of aliphatic hydroxyl groups excluding tert-OH is 1. The number of rotatable bonds is 7. The van der Waals surface area contributed by atoms with Crippen LogP contribution in [0.2, 0.25) is 0 Å². The van der Waals surface area contributed by atoms with Crippen LogP contribution in [-0.4, -0.2) is 30.2 Å². The van der Waals surface area contributed by atoms with Crippen LogP contribution in [0.1, 0.15) is 30.4 Å². The van der Waals surface area contributed by atoms with Gasteiger partial charge in [-0.3, -0.25) is 0 Å². The van der Waals surface area contributed by atoms with Gasteiger partial charge in [0.15, 0.2) is 0 Å². The summed E-state index contributed by atoms with van der Waals surface area (Å²) < 4.78 is 0. The molecule has 1 N–H and O–H groups in total. The average Bonchev–Trinajstić information content (AvgIpc) is 2.36. The molecule has 3 heteroatoms. The Morgan fingerprint density at radius 2 is 1.88 bits per heavy atom. The molecule has 0 saturated heterocycles. The van der Waals surface area contributed by atoms with E-state index in [-0.39, 0.29) is 0 Å². The summed E-state index contributed by atoms with van der Waals surface area (Å²) in [6, 6.07) is 9.84. The number of benzene rings is 1. The lowest BCUT2D eigenvalue weighted by atomic mass is 10.1. The van der Waals surface area contributed by atoms with E-state index in [1.807, 2.05) is 24.3 Å². The Kier molecular flexibility index (Phi) is 6.31. The van der Waals surface area contributed by atoms with Gasteiger partial charge in [-0.25, -0.2) is 0 Å². The molecule has 1 aromatic carbocycles. The molecule has 3 nitrogen and oxygen atoms in total. The highest BCUT2D eigenvalue weighted by atomic mass is 16.2. The van der Waals surface area contributed by atoms with Crippen molar-refractivity contribution in [2.24, 2.45) is 0 Å². The van der Waals surface area contributed by atoms with Crippen LogP contribution in [0.5, 0.6) is 0 Å². The molecular weight excluding hydrogens is 212 g/mol. The molecule has 0 aromatic heterocycles. The van der Waals surface area contributed by atoms with E-state index in [2.05, 4.69) is 18.0 Å². The quantitative estimate of drug-likeness (QED) is 0.733. The summed E-state index contributed by atoms with van der Waals surface area (Å²) in [6.07, 6.45) is 3.09. The highest BCUT2D eigenvalue weighted by molar-refractivity contribution is 5.31. The van der Waals surface area contributed by atoms with Crippen LogP contribution in [0.25, 0.3) is 0 Å². The fourth-order valence-corrected chi connectivity index (χ4v) is 1.75. The molecule has 0 heterocycles. The molecule has 92 valence electrons. The van der Waals surface area contributed by atoms with Gasteiger partial charge in [-0.1, -0.05) is 12.1 Å². The Labute approximate surface area is 103 Å². The summed E-state index contributed by atoms with van der Waals surface area (Å²) in [5.74, 6) is 0. The maximum absolute atomic E-state index is 8.70. The van der Waals surface area contributed by atoms with Gasteiger partial charge in [0.25, 0.3) is 0 Å².